The van der Waals surface area contributed by atoms with Crippen molar-refractivity contribution < 1.29 is 31.1 Å². The summed E-state index contributed by atoms with van der Waals surface area (Å²) < 4.78 is 82.9. The van der Waals surface area contributed by atoms with Crippen LogP contribution in [0.15, 0.2) is 18.2 Å². The number of methoxy groups -OCH3 is 1. The smallest absolute Gasteiger partial charge is 0.381 e. The Morgan fingerprint density at radius 2 is 1.62 bits per heavy atom. The van der Waals surface area contributed by atoms with Crippen LogP contribution >= 0.6 is 12.4 Å². The zero-order valence-corrected chi connectivity index (χ0v) is 14.8. The zero-order valence-electron chi connectivity index (χ0n) is 14.0. The summed E-state index contributed by atoms with van der Waals surface area (Å²) in [6.45, 7) is 0.730. The highest BCUT2D eigenvalue weighted by Gasteiger charge is 2.37. The van der Waals surface area contributed by atoms with Gasteiger partial charge in [-0.05, 0) is 36.6 Å². The third-order valence-corrected chi connectivity index (χ3v) is 4.43. The van der Waals surface area contributed by atoms with Crippen LogP contribution in [0, 0.1) is 0 Å². The molecule has 1 aromatic rings. The van der Waals surface area contributed by atoms with Gasteiger partial charge in [0, 0.05) is 32.8 Å². The summed E-state index contributed by atoms with van der Waals surface area (Å²) in [5.74, 6) is 0. The van der Waals surface area contributed by atoms with Gasteiger partial charge in [0.2, 0.25) is 0 Å². The average molecular weight is 407 g/mol. The van der Waals surface area contributed by atoms with Gasteiger partial charge in [0.15, 0.2) is 0 Å². The molecule has 1 fully saturated rings. The van der Waals surface area contributed by atoms with Crippen LogP contribution in [0.2, 0.25) is 0 Å². The third kappa shape index (κ3) is 5.73. The second kappa shape index (κ2) is 8.77. The van der Waals surface area contributed by atoms with Gasteiger partial charge in [0.25, 0.3) is 0 Å². The van der Waals surface area contributed by atoms with Crippen LogP contribution in [-0.4, -0.2) is 37.2 Å². The molecule has 2 N–H and O–H groups in total. The largest absolute Gasteiger partial charge is 0.416 e. The Morgan fingerprint density at radius 3 is 2.04 bits per heavy atom. The Morgan fingerprint density at radius 1 is 1.08 bits per heavy atom. The van der Waals surface area contributed by atoms with Gasteiger partial charge in [-0.2, -0.15) is 26.3 Å². The summed E-state index contributed by atoms with van der Waals surface area (Å²) in [5.41, 5.74) is 3.08. The molecule has 1 heterocycles. The molecule has 2 atom stereocenters. The van der Waals surface area contributed by atoms with Crippen LogP contribution in [0.25, 0.3) is 0 Å². The van der Waals surface area contributed by atoms with E-state index in [-0.39, 0.29) is 49.3 Å². The fraction of sp³-hybridized carbons (Fsp3) is 0.625. The predicted octanol–water partition coefficient (Wildman–Crippen LogP) is 4.08. The molecule has 0 amide bonds. The molecule has 1 saturated heterocycles. The number of nitrogens with zero attached hydrogens (tertiary/aromatic N) is 1. The van der Waals surface area contributed by atoms with Crippen LogP contribution in [0.1, 0.15) is 29.5 Å². The Hall–Kier alpha value is -1.03. The lowest BCUT2D eigenvalue weighted by atomic mass is 9.97. The second-order valence-electron chi connectivity index (χ2n) is 6.16. The Bertz CT molecular complexity index is 561. The van der Waals surface area contributed by atoms with Crippen molar-refractivity contribution >= 4 is 12.4 Å². The van der Waals surface area contributed by atoms with Crippen LogP contribution < -0.4 is 5.73 Å². The second-order valence-corrected chi connectivity index (χ2v) is 6.16. The Kier molecular flexibility index (Phi) is 7.76. The normalized spacial score (nSPS) is 22.2. The molecule has 150 valence electrons. The SMILES string of the molecule is COC1CCN(Cc2cc(C(F)(F)F)cc(C(F)(F)F)c2)C(CN)C1.Cl. The molecule has 0 radical (unpaired) electrons. The van der Waals surface area contributed by atoms with Gasteiger partial charge in [-0.15, -0.1) is 12.4 Å². The highest BCUT2D eigenvalue weighted by molar-refractivity contribution is 5.85. The van der Waals surface area contributed by atoms with E-state index in [2.05, 4.69) is 0 Å². The van der Waals surface area contributed by atoms with Gasteiger partial charge in [-0.1, -0.05) is 0 Å². The Labute approximate surface area is 153 Å². The lowest BCUT2D eigenvalue weighted by molar-refractivity contribution is -0.143. The molecule has 0 saturated carbocycles. The maximum atomic E-state index is 12.9. The molecule has 10 heteroatoms. The quantitative estimate of drug-likeness (QED) is 0.766. The van der Waals surface area contributed by atoms with E-state index < -0.39 is 23.5 Å². The van der Waals surface area contributed by atoms with Crippen molar-refractivity contribution in [2.75, 3.05) is 20.2 Å². The van der Waals surface area contributed by atoms with Gasteiger partial charge < -0.3 is 10.5 Å². The number of ether oxygens (including phenoxy) is 1. The minimum Gasteiger partial charge on any atom is -0.381 e. The van der Waals surface area contributed by atoms with E-state index in [9.17, 15) is 26.3 Å². The van der Waals surface area contributed by atoms with E-state index in [1.165, 1.54) is 0 Å². The summed E-state index contributed by atoms with van der Waals surface area (Å²) in [5, 5.41) is 0. The monoisotopic (exact) mass is 406 g/mol. The molecular formula is C16H21ClF6N2O. The summed E-state index contributed by atoms with van der Waals surface area (Å²) in [6.07, 6.45) is -8.44. The summed E-state index contributed by atoms with van der Waals surface area (Å²) in [6, 6.07) is 1.53. The number of benzene rings is 1. The number of alkyl halides is 6. The molecule has 1 aromatic carbocycles. The van der Waals surface area contributed by atoms with E-state index in [0.717, 1.165) is 12.1 Å². The first-order valence-corrected chi connectivity index (χ1v) is 7.80. The topological polar surface area (TPSA) is 38.5 Å². The van der Waals surface area contributed by atoms with Crippen molar-refractivity contribution in [1.29, 1.82) is 0 Å². The number of rotatable bonds is 4. The first kappa shape index (κ1) is 23.0. The maximum Gasteiger partial charge on any atom is 0.416 e. The van der Waals surface area contributed by atoms with E-state index in [1.54, 1.807) is 7.11 Å². The number of hydrogen-bond donors (Lipinski definition) is 1. The molecule has 0 spiro atoms. The van der Waals surface area contributed by atoms with Gasteiger partial charge in [0.1, 0.15) is 0 Å². The number of hydrogen-bond acceptors (Lipinski definition) is 3. The van der Waals surface area contributed by atoms with Crippen LogP contribution in [0.5, 0.6) is 0 Å². The Balaban J connectivity index is 0.00000338. The van der Waals surface area contributed by atoms with Crippen molar-refractivity contribution in [2.24, 2.45) is 5.73 Å². The van der Waals surface area contributed by atoms with Gasteiger partial charge in [-0.25, -0.2) is 0 Å². The van der Waals surface area contributed by atoms with Crippen molar-refractivity contribution in [3.63, 3.8) is 0 Å². The number of nitrogens with two attached hydrogens (primary N) is 1. The number of halogens is 7. The fourth-order valence-electron chi connectivity index (χ4n) is 3.08. The molecule has 0 aromatic heterocycles. The fourth-order valence-corrected chi connectivity index (χ4v) is 3.08. The van der Waals surface area contributed by atoms with Crippen molar-refractivity contribution in [2.45, 2.75) is 43.9 Å². The van der Waals surface area contributed by atoms with E-state index >= 15 is 0 Å². The molecule has 0 bridgehead atoms. The lowest BCUT2D eigenvalue weighted by Crippen LogP contribution is -2.48. The minimum atomic E-state index is -4.84. The van der Waals surface area contributed by atoms with Gasteiger partial charge in [0.05, 0.1) is 17.2 Å². The van der Waals surface area contributed by atoms with Crippen LogP contribution in [0.4, 0.5) is 26.3 Å². The minimum absolute atomic E-state index is 0. The van der Waals surface area contributed by atoms with E-state index in [0.29, 0.717) is 19.4 Å². The van der Waals surface area contributed by atoms with Gasteiger partial charge >= 0.3 is 12.4 Å². The molecule has 26 heavy (non-hydrogen) atoms. The maximum absolute atomic E-state index is 12.9. The van der Waals surface area contributed by atoms with E-state index in [4.69, 9.17) is 10.5 Å². The number of likely N-dealkylation sites (tertiary alicyclic amines) is 1. The average Bonchev–Trinajstić information content (AvgIpc) is 2.53. The molecule has 1 aliphatic rings. The first-order chi connectivity index (χ1) is 11.5. The van der Waals surface area contributed by atoms with E-state index in [1.807, 2.05) is 4.90 Å². The molecule has 0 aliphatic carbocycles. The molecule has 1 aliphatic heterocycles. The molecule has 2 rings (SSSR count). The zero-order chi connectivity index (χ0) is 18.8. The van der Waals surface area contributed by atoms with Crippen molar-refractivity contribution in [3.8, 4) is 0 Å². The summed E-state index contributed by atoms with van der Waals surface area (Å²) in [7, 11) is 1.57. The summed E-state index contributed by atoms with van der Waals surface area (Å²) >= 11 is 0. The lowest BCUT2D eigenvalue weighted by Gasteiger charge is -2.38. The highest BCUT2D eigenvalue weighted by atomic mass is 35.5. The summed E-state index contributed by atoms with van der Waals surface area (Å²) in [4.78, 5) is 1.81. The highest BCUT2D eigenvalue weighted by Crippen LogP contribution is 2.36. The van der Waals surface area contributed by atoms with Crippen LogP contribution in [0.3, 0.4) is 0 Å². The molecular weight excluding hydrogens is 386 g/mol. The van der Waals surface area contributed by atoms with Crippen LogP contribution in [-0.2, 0) is 23.6 Å². The van der Waals surface area contributed by atoms with Crippen molar-refractivity contribution in [3.05, 3.63) is 34.9 Å². The third-order valence-electron chi connectivity index (χ3n) is 4.43. The van der Waals surface area contributed by atoms with Gasteiger partial charge in [-0.3, -0.25) is 4.90 Å². The number of piperidine rings is 1. The van der Waals surface area contributed by atoms with Crippen molar-refractivity contribution in [1.82, 2.24) is 4.90 Å². The molecule has 3 nitrogen and oxygen atoms in total. The molecule has 2 unspecified atom stereocenters. The standard InChI is InChI=1S/C16H20F6N2O.ClH/c1-25-14-2-3-24(13(7-14)8-23)9-10-4-11(15(17,18)19)6-12(5-10)16(20,21)22;/h4-6,13-14H,2-3,7-9,23H2,1H3;1H. The predicted molar refractivity (Wildman–Crippen MR) is 87.0 cm³/mol. The first-order valence-electron chi connectivity index (χ1n) is 7.80.